The highest BCUT2D eigenvalue weighted by molar-refractivity contribution is 5.94. The number of carbonyl (C=O) groups is 1. The third kappa shape index (κ3) is 5.02. The van der Waals surface area contributed by atoms with E-state index in [0.717, 1.165) is 38.2 Å². The van der Waals surface area contributed by atoms with Crippen molar-refractivity contribution in [3.63, 3.8) is 0 Å². The molecule has 4 nitrogen and oxygen atoms in total. The standard InChI is InChI=1S/C19H29N3O.2ClH/c1-19(2)14-22(13-10-17(19)20)18(23)15-6-8-16(9-7-15)21-11-4-3-5-12-21;;/h6-9,17H,3-5,10-14,20H2,1-2H3;2*1H. The SMILES string of the molecule is CC1(C)CN(C(=O)c2ccc(N3CCCCC3)cc2)CCC1N.Cl.Cl. The van der Waals surface area contributed by atoms with E-state index in [9.17, 15) is 4.79 Å². The Labute approximate surface area is 163 Å². The van der Waals surface area contributed by atoms with Gasteiger partial charge in [0.25, 0.3) is 5.91 Å². The maximum absolute atomic E-state index is 12.8. The molecular weight excluding hydrogens is 357 g/mol. The Kier molecular flexibility index (Phi) is 8.04. The van der Waals surface area contributed by atoms with Gasteiger partial charge in [0.15, 0.2) is 0 Å². The summed E-state index contributed by atoms with van der Waals surface area (Å²) in [6.07, 6.45) is 4.75. The molecule has 142 valence electrons. The lowest BCUT2D eigenvalue weighted by Gasteiger charge is -2.42. The van der Waals surface area contributed by atoms with E-state index in [1.54, 1.807) is 0 Å². The molecule has 2 fully saturated rings. The van der Waals surface area contributed by atoms with Crippen LogP contribution in [0.25, 0.3) is 0 Å². The number of likely N-dealkylation sites (tertiary alicyclic amines) is 1. The first-order valence-corrected chi connectivity index (χ1v) is 8.87. The van der Waals surface area contributed by atoms with Crippen molar-refractivity contribution in [2.45, 2.75) is 45.6 Å². The van der Waals surface area contributed by atoms with Gasteiger partial charge in [-0.3, -0.25) is 4.79 Å². The summed E-state index contributed by atoms with van der Waals surface area (Å²) in [7, 11) is 0. The summed E-state index contributed by atoms with van der Waals surface area (Å²) in [5, 5.41) is 0. The summed E-state index contributed by atoms with van der Waals surface area (Å²) in [6.45, 7) is 8.06. The first-order valence-electron chi connectivity index (χ1n) is 8.87. The molecule has 2 N–H and O–H groups in total. The van der Waals surface area contributed by atoms with Gasteiger partial charge in [0.05, 0.1) is 0 Å². The van der Waals surface area contributed by atoms with Crippen molar-refractivity contribution in [3.8, 4) is 0 Å². The lowest BCUT2D eigenvalue weighted by atomic mass is 9.79. The number of amides is 1. The number of carbonyl (C=O) groups excluding carboxylic acids is 1. The van der Waals surface area contributed by atoms with Crippen molar-refractivity contribution in [1.82, 2.24) is 4.90 Å². The molecule has 2 aliphatic rings. The number of hydrogen-bond acceptors (Lipinski definition) is 3. The fourth-order valence-corrected chi connectivity index (χ4v) is 3.70. The number of nitrogens with zero attached hydrogens (tertiary/aromatic N) is 2. The van der Waals surface area contributed by atoms with Crippen LogP contribution in [0.5, 0.6) is 0 Å². The lowest BCUT2D eigenvalue weighted by molar-refractivity contribution is 0.0533. The monoisotopic (exact) mass is 387 g/mol. The molecule has 6 heteroatoms. The molecule has 2 aliphatic heterocycles. The van der Waals surface area contributed by atoms with E-state index >= 15 is 0 Å². The predicted octanol–water partition coefficient (Wildman–Crippen LogP) is 3.72. The molecule has 25 heavy (non-hydrogen) atoms. The predicted molar refractivity (Wildman–Crippen MR) is 109 cm³/mol. The van der Waals surface area contributed by atoms with Crippen LogP contribution in [0.4, 0.5) is 5.69 Å². The maximum Gasteiger partial charge on any atom is 0.253 e. The molecule has 1 aromatic carbocycles. The molecule has 0 radical (unpaired) electrons. The number of piperidine rings is 2. The van der Waals surface area contributed by atoms with Crippen LogP contribution in [0.3, 0.4) is 0 Å². The van der Waals surface area contributed by atoms with Gasteiger partial charge in [0, 0.05) is 43.5 Å². The Morgan fingerprint density at radius 2 is 1.64 bits per heavy atom. The van der Waals surface area contributed by atoms with E-state index in [2.05, 4.69) is 30.9 Å². The Balaban J connectivity index is 0.00000156. The zero-order valence-electron chi connectivity index (χ0n) is 15.2. The minimum Gasteiger partial charge on any atom is -0.372 e. The Morgan fingerprint density at radius 3 is 2.20 bits per heavy atom. The molecule has 1 aromatic rings. The normalized spacial score (nSPS) is 22.6. The summed E-state index contributed by atoms with van der Waals surface area (Å²) >= 11 is 0. The van der Waals surface area contributed by atoms with Gasteiger partial charge in [-0.2, -0.15) is 0 Å². The summed E-state index contributed by atoms with van der Waals surface area (Å²) < 4.78 is 0. The average Bonchev–Trinajstić information content (AvgIpc) is 2.57. The zero-order valence-corrected chi connectivity index (χ0v) is 16.9. The molecule has 0 bridgehead atoms. The van der Waals surface area contributed by atoms with Crippen molar-refractivity contribution in [2.75, 3.05) is 31.1 Å². The highest BCUT2D eigenvalue weighted by Crippen LogP contribution is 2.29. The van der Waals surface area contributed by atoms with Crippen LogP contribution >= 0.6 is 24.8 Å². The van der Waals surface area contributed by atoms with Crippen molar-refractivity contribution in [1.29, 1.82) is 0 Å². The van der Waals surface area contributed by atoms with Crippen LogP contribution in [0.2, 0.25) is 0 Å². The van der Waals surface area contributed by atoms with Crippen molar-refractivity contribution in [2.24, 2.45) is 11.1 Å². The van der Waals surface area contributed by atoms with E-state index in [4.69, 9.17) is 5.73 Å². The second-order valence-electron chi connectivity index (χ2n) is 7.71. The maximum atomic E-state index is 12.8. The first-order chi connectivity index (χ1) is 11.0. The van der Waals surface area contributed by atoms with Crippen molar-refractivity contribution in [3.05, 3.63) is 29.8 Å². The summed E-state index contributed by atoms with van der Waals surface area (Å²) in [4.78, 5) is 17.1. The molecular formula is C19H31Cl2N3O. The van der Waals surface area contributed by atoms with E-state index in [1.807, 2.05) is 17.0 Å². The number of nitrogens with two attached hydrogens (primary N) is 1. The molecule has 1 unspecified atom stereocenters. The first kappa shape index (κ1) is 22.1. The Bertz CT molecular complexity index is 556. The zero-order chi connectivity index (χ0) is 16.4. The van der Waals surface area contributed by atoms with Gasteiger partial charge in [-0.25, -0.2) is 0 Å². The minimum absolute atomic E-state index is 0. The largest absolute Gasteiger partial charge is 0.372 e. The number of rotatable bonds is 2. The van der Waals surface area contributed by atoms with Crippen LogP contribution in [0, 0.1) is 5.41 Å². The van der Waals surface area contributed by atoms with Gasteiger partial charge in [0.1, 0.15) is 0 Å². The molecule has 3 rings (SSSR count). The third-order valence-corrected chi connectivity index (χ3v) is 5.43. The van der Waals surface area contributed by atoms with Crippen molar-refractivity contribution >= 4 is 36.4 Å². The Morgan fingerprint density at radius 1 is 1.04 bits per heavy atom. The van der Waals surface area contributed by atoms with Gasteiger partial charge in [0.2, 0.25) is 0 Å². The van der Waals surface area contributed by atoms with Gasteiger partial charge in [-0.05, 0) is 55.4 Å². The highest BCUT2D eigenvalue weighted by atomic mass is 35.5. The van der Waals surface area contributed by atoms with Gasteiger partial charge >= 0.3 is 0 Å². The summed E-state index contributed by atoms with van der Waals surface area (Å²) in [5.74, 6) is 0.134. The van der Waals surface area contributed by atoms with Crippen LogP contribution < -0.4 is 10.6 Å². The third-order valence-electron chi connectivity index (χ3n) is 5.43. The van der Waals surface area contributed by atoms with Gasteiger partial charge in [-0.15, -0.1) is 24.8 Å². The Hall–Kier alpha value is -0.970. The van der Waals surface area contributed by atoms with E-state index < -0.39 is 0 Å². The molecule has 0 aromatic heterocycles. The molecule has 0 spiro atoms. The van der Waals surface area contributed by atoms with Crippen LogP contribution in [0.1, 0.15) is 49.9 Å². The molecule has 1 amide bonds. The average molecular weight is 388 g/mol. The second kappa shape index (κ2) is 9.11. The quantitative estimate of drug-likeness (QED) is 0.840. The number of benzene rings is 1. The van der Waals surface area contributed by atoms with E-state index in [0.29, 0.717) is 0 Å². The fourth-order valence-electron chi connectivity index (χ4n) is 3.70. The summed E-state index contributed by atoms with van der Waals surface area (Å²) in [5.41, 5.74) is 8.19. The van der Waals surface area contributed by atoms with E-state index in [1.165, 1.54) is 24.9 Å². The van der Waals surface area contributed by atoms with Crippen molar-refractivity contribution < 1.29 is 4.79 Å². The molecule has 0 saturated carbocycles. The molecule has 2 heterocycles. The van der Waals surface area contributed by atoms with E-state index in [-0.39, 0.29) is 42.2 Å². The number of hydrogen-bond donors (Lipinski definition) is 1. The lowest BCUT2D eigenvalue weighted by Crippen LogP contribution is -2.54. The topological polar surface area (TPSA) is 49.6 Å². The minimum atomic E-state index is -0.0123. The smallest absolute Gasteiger partial charge is 0.253 e. The van der Waals surface area contributed by atoms with Gasteiger partial charge in [-0.1, -0.05) is 13.8 Å². The fraction of sp³-hybridized carbons (Fsp3) is 0.632. The van der Waals surface area contributed by atoms with Crippen LogP contribution in [-0.4, -0.2) is 43.0 Å². The van der Waals surface area contributed by atoms with Crippen LogP contribution in [0.15, 0.2) is 24.3 Å². The molecule has 2 saturated heterocycles. The summed E-state index contributed by atoms with van der Waals surface area (Å²) in [6, 6.07) is 8.33. The molecule has 1 atom stereocenters. The molecule has 0 aliphatic carbocycles. The number of anilines is 1. The number of halogens is 2. The van der Waals surface area contributed by atoms with Crippen LogP contribution in [-0.2, 0) is 0 Å². The second-order valence-corrected chi connectivity index (χ2v) is 7.71. The highest BCUT2D eigenvalue weighted by Gasteiger charge is 2.35. The van der Waals surface area contributed by atoms with Gasteiger partial charge < -0.3 is 15.5 Å².